The molecule has 0 radical (unpaired) electrons. The Morgan fingerprint density at radius 3 is 2.56 bits per heavy atom. The van der Waals surface area contributed by atoms with E-state index in [-0.39, 0.29) is 0 Å². The number of carbonyl (C=O) groups is 1. The Bertz CT molecular complexity index is 395. The first-order valence-corrected chi connectivity index (χ1v) is 6.09. The fourth-order valence-electron chi connectivity index (χ4n) is 2.53. The summed E-state index contributed by atoms with van der Waals surface area (Å²) in [6.45, 7) is 0. The number of hydrogen-bond acceptors (Lipinski definition) is 1. The first-order valence-electron chi connectivity index (χ1n) is 5.72. The zero-order chi connectivity index (χ0) is 11.5. The number of benzene rings is 1. The second kappa shape index (κ2) is 4.88. The Kier molecular flexibility index (Phi) is 3.49. The van der Waals surface area contributed by atoms with Crippen LogP contribution in [0.3, 0.4) is 0 Å². The summed E-state index contributed by atoms with van der Waals surface area (Å²) in [5.74, 6) is -0.545. The number of carboxylic acid groups (broad SMARTS) is 1. The Morgan fingerprint density at radius 1 is 1.25 bits per heavy atom. The lowest BCUT2D eigenvalue weighted by molar-refractivity contribution is 0.0694. The van der Waals surface area contributed by atoms with Gasteiger partial charge in [0, 0.05) is 5.02 Å². The van der Waals surface area contributed by atoms with Crippen LogP contribution in [0.5, 0.6) is 0 Å². The highest BCUT2D eigenvalue weighted by molar-refractivity contribution is 6.31. The largest absolute Gasteiger partial charge is 0.478 e. The minimum atomic E-state index is -0.872. The third kappa shape index (κ3) is 2.22. The highest BCUT2D eigenvalue weighted by Crippen LogP contribution is 2.38. The van der Waals surface area contributed by atoms with Gasteiger partial charge in [-0.25, -0.2) is 4.79 Å². The number of halogens is 1. The lowest BCUT2D eigenvalue weighted by Gasteiger charge is -2.24. The molecule has 0 saturated heterocycles. The van der Waals surface area contributed by atoms with Crippen LogP contribution in [0.4, 0.5) is 0 Å². The van der Waals surface area contributed by atoms with Crippen LogP contribution in [-0.4, -0.2) is 11.1 Å². The van der Waals surface area contributed by atoms with Crippen LogP contribution in [0, 0.1) is 0 Å². The molecule has 1 aliphatic carbocycles. The summed E-state index contributed by atoms with van der Waals surface area (Å²) in [5.41, 5.74) is 1.22. The molecule has 2 nitrogen and oxygen atoms in total. The molecule has 3 heteroatoms. The van der Waals surface area contributed by atoms with E-state index in [1.807, 2.05) is 0 Å². The average Bonchev–Trinajstić information content (AvgIpc) is 2.29. The molecule has 0 aromatic heterocycles. The van der Waals surface area contributed by atoms with Gasteiger partial charge in [-0.15, -0.1) is 0 Å². The molecule has 0 amide bonds. The molecule has 0 bridgehead atoms. The Morgan fingerprint density at radius 2 is 1.94 bits per heavy atom. The van der Waals surface area contributed by atoms with Gasteiger partial charge < -0.3 is 5.11 Å². The molecule has 0 aliphatic heterocycles. The monoisotopic (exact) mass is 238 g/mol. The second-order valence-electron chi connectivity index (χ2n) is 4.34. The second-order valence-corrected chi connectivity index (χ2v) is 4.75. The molecule has 2 rings (SSSR count). The van der Waals surface area contributed by atoms with Gasteiger partial charge in [0.25, 0.3) is 0 Å². The minimum Gasteiger partial charge on any atom is -0.478 e. The maximum atomic E-state index is 11.2. The first kappa shape index (κ1) is 11.5. The van der Waals surface area contributed by atoms with Crippen molar-refractivity contribution in [3.05, 3.63) is 34.3 Å². The SMILES string of the molecule is O=C(O)c1cccc(Cl)c1C1CCCCC1. The first-order chi connectivity index (χ1) is 7.70. The lowest BCUT2D eigenvalue weighted by atomic mass is 9.82. The number of carboxylic acids is 1. The quantitative estimate of drug-likeness (QED) is 0.843. The minimum absolute atomic E-state index is 0.327. The fourth-order valence-corrected chi connectivity index (χ4v) is 2.86. The molecule has 1 aromatic carbocycles. The maximum absolute atomic E-state index is 11.2. The Balaban J connectivity index is 2.40. The summed E-state index contributed by atoms with van der Waals surface area (Å²) in [6.07, 6.45) is 5.72. The normalized spacial score (nSPS) is 17.3. The van der Waals surface area contributed by atoms with E-state index >= 15 is 0 Å². The zero-order valence-electron chi connectivity index (χ0n) is 9.08. The summed E-state index contributed by atoms with van der Waals surface area (Å²) >= 11 is 6.14. The van der Waals surface area contributed by atoms with Crippen LogP contribution >= 0.6 is 11.6 Å². The molecule has 0 heterocycles. The predicted molar refractivity (Wildman–Crippen MR) is 64.2 cm³/mol. The van der Waals surface area contributed by atoms with Gasteiger partial charge in [-0.3, -0.25) is 0 Å². The van der Waals surface area contributed by atoms with Crippen molar-refractivity contribution in [1.29, 1.82) is 0 Å². The topological polar surface area (TPSA) is 37.3 Å². The van der Waals surface area contributed by atoms with Gasteiger partial charge >= 0.3 is 5.97 Å². The van der Waals surface area contributed by atoms with Crippen molar-refractivity contribution in [3.8, 4) is 0 Å². The van der Waals surface area contributed by atoms with Crippen LogP contribution in [0.2, 0.25) is 5.02 Å². The molecule has 0 spiro atoms. The third-order valence-electron chi connectivity index (χ3n) is 3.30. The summed E-state index contributed by atoms with van der Waals surface area (Å²) in [6, 6.07) is 5.15. The maximum Gasteiger partial charge on any atom is 0.336 e. The summed E-state index contributed by atoms with van der Waals surface area (Å²) in [7, 11) is 0. The molecule has 0 unspecified atom stereocenters. The van der Waals surface area contributed by atoms with Crippen molar-refractivity contribution >= 4 is 17.6 Å². The van der Waals surface area contributed by atoms with E-state index in [4.69, 9.17) is 16.7 Å². The molecule has 1 fully saturated rings. The van der Waals surface area contributed by atoms with Gasteiger partial charge in [-0.2, -0.15) is 0 Å². The van der Waals surface area contributed by atoms with Crippen molar-refractivity contribution in [2.75, 3.05) is 0 Å². The smallest absolute Gasteiger partial charge is 0.336 e. The highest BCUT2D eigenvalue weighted by atomic mass is 35.5. The van der Waals surface area contributed by atoms with Crippen molar-refractivity contribution in [1.82, 2.24) is 0 Å². The molecule has 1 aliphatic rings. The van der Waals surface area contributed by atoms with Crippen molar-refractivity contribution < 1.29 is 9.90 Å². The van der Waals surface area contributed by atoms with Crippen LogP contribution in [0.25, 0.3) is 0 Å². The number of rotatable bonds is 2. The van der Waals surface area contributed by atoms with Crippen LogP contribution in [0.1, 0.15) is 53.9 Å². The van der Waals surface area contributed by atoms with Crippen LogP contribution in [0.15, 0.2) is 18.2 Å². The summed E-state index contributed by atoms with van der Waals surface area (Å²) in [4.78, 5) is 11.2. The molecule has 0 atom stereocenters. The molecule has 1 aromatic rings. The van der Waals surface area contributed by atoms with Gasteiger partial charge in [0.1, 0.15) is 0 Å². The molecule has 1 saturated carbocycles. The van der Waals surface area contributed by atoms with E-state index < -0.39 is 5.97 Å². The van der Waals surface area contributed by atoms with Gasteiger partial charge in [0.15, 0.2) is 0 Å². The Labute approximate surface area is 100 Å². The highest BCUT2D eigenvalue weighted by Gasteiger charge is 2.23. The molecule has 86 valence electrons. The molecule has 16 heavy (non-hydrogen) atoms. The van der Waals surface area contributed by atoms with Gasteiger partial charge in [0.05, 0.1) is 5.56 Å². The van der Waals surface area contributed by atoms with Crippen molar-refractivity contribution in [2.45, 2.75) is 38.0 Å². The third-order valence-corrected chi connectivity index (χ3v) is 3.63. The van der Waals surface area contributed by atoms with E-state index in [0.717, 1.165) is 18.4 Å². The molecular weight excluding hydrogens is 224 g/mol. The lowest BCUT2D eigenvalue weighted by Crippen LogP contribution is -2.11. The summed E-state index contributed by atoms with van der Waals surface area (Å²) in [5, 5.41) is 9.77. The van der Waals surface area contributed by atoms with Crippen molar-refractivity contribution in [3.63, 3.8) is 0 Å². The van der Waals surface area contributed by atoms with E-state index in [0.29, 0.717) is 16.5 Å². The van der Waals surface area contributed by atoms with Gasteiger partial charge in [0.2, 0.25) is 0 Å². The molecule has 1 N–H and O–H groups in total. The number of hydrogen-bond donors (Lipinski definition) is 1. The van der Waals surface area contributed by atoms with E-state index in [1.54, 1.807) is 18.2 Å². The van der Waals surface area contributed by atoms with Crippen LogP contribution < -0.4 is 0 Å². The average molecular weight is 239 g/mol. The number of aromatic carboxylic acids is 1. The predicted octanol–water partition coefficient (Wildman–Crippen LogP) is 4.09. The van der Waals surface area contributed by atoms with E-state index in [2.05, 4.69) is 0 Å². The van der Waals surface area contributed by atoms with Gasteiger partial charge in [-0.1, -0.05) is 36.9 Å². The van der Waals surface area contributed by atoms with E-state index in [9.17, 15) is 4.79 Å². The zero-order valence-corrected chi connectivity index (χ0v) is 9.83. The van der Waals surface area contributed by atoms with E-state index in [1.165, 1.54) is 19.3 Å². The Hall–Kier alpha value is -1.02. The van der Waals surface area contributed by atoms with Crippen LogP contribution in [-0.2, 0) is 0 Å². The van der Waals surface area contributed by atoms with Crippen molar-refractivity contribution in [2.24, 2.45) is 0 Å². The standard InChI is InChI=1S/C13H15ClO2/c14-11-8-4-7-10(13(15)16)12(11)9-5-2-1-3-6-9/h4,7-9H,1-3,5-6H2,(H,15,16). The fraction of sp³-hybridized carbons (Fsp3) is 0.462. The van der Waals surface area contributed by atoms with Gasteiger partial charge in [-0.05, 0) is 36.5 Å². The molecular formula is C13H15ClO2. The summed E-state index contributed by atoms with van der Waals surface area (Å²) < 4.78 is 0.